The average Bonchev–Trinajstić information content (AvgIpc) is 3.15. The van der Waals surface area contributed by atoms with Crippen molar-refractivity contribution in [2.75, 3.05) is 5.32 Å². The fraction of sp³-hybridized carbons (Fsp3) is 0.0952. The number of aliphatic imine (C=N–C) groups is 1. The zero-order valence-electron chi connectivity index (χ0n) is 15.3. The van der Waals surface area contributed by atoms with Crippen molar-refractivity contribution in [2.45, 2.75) is 13.5 Å². The molecular formula is C21H16BrN3O3S. The van der Waals surface area contributed by atoms with Crippen molar-refractivity contribution in [3.63, 3.8) is 0 Å². The molecule has 0 fully saturated rings. The Labute approximate surface area is 179 Å². The number of benzene rings is 2. The summed E-state index contributed by atoms with van der Waals surface area (Å²) in [6.45, 7) is 1.60. The second-order valence-corrected chi connectivity index (χ2v) is 8.29. The molecule has 0 saturated carbocycles. The number of hydrogen-bond donors (Lipinski definition) is 2. The minimum absolute atomic E-state index is 0.230. The van der Waals surface area contributed by atoms with Crippen molar-refractivity contribution in [1.29, 1.82) is 0 Å². The van der Waals surface area contributed by atoms with Crippen LogP contribution in [-0.2, 0) is 11.3 Å². The van der Waals surface area contributed by atoms with Crippen LogP contribution >= 0.6 is 27.3 Å². The number of thiazole rings is 1. The Kier molecular flexibility index (Phi) is 5.21. The molecule has 29 heavy (non-hydrogen) atoms. The van der Waals surface area contributed by atoms with E-state index in [0.29, 0.717) is 10.6 Å². The molecule has 0 saturated heterocycles. The Morgan fingerprint density at radius 2 is 1.97 bits per heavy atom. The predicted octanol–water partition coefficient (Wildman–Crippen LogP) is 4.66. The van der Waals surface area contributed by atoms with Gasteiger partial charge >= 0.3 is 4.87 Å². The van der Waals surface area contributed by atoms with Crippen molar-refractivity contribution >= 4 is 61.9 Å². The minimum Gasteiger partial charge on any atom is -0.493 e. The van der Waals surface area contributed by atoms with Gasteiger partial charge in [-0.15, -0.1) is 0 Å². The fourth-order valence-corrected chi connectivity index (χ4v) is 4.30. The molecule has 0 bridgehead atoms. The van der Waals surface area contributed by atoms with Crippen molar-refractivity contribution < 1.29 is 9.90 Å². The summed E-state index contributed by atoms with van der Waals surface area (Å²) in [7, 11) is 0. The molecule has 0 unspecified atom stereocenters. The molecule has 2 aromatic carbocycles. The summed E-state index contributed by atoms with van der Waals surface area (Å²) in [5.41, 5.74) is 4.06. The number of aromatic nitrogens is 1. The van der Waals surface area contributed by atoms with Crippen LogP contribution in [0.15, 0.2) is 62.8 Å². The van der Waals surface area contributed by atoms with Gasteiger partial charge in [0.25, 0.3) is 0 Å². The molecule has 6 nitrogen and oxygen atoms in total. The fourth-order valence-electron chi connectivity index (χ4n) is 3.09. The highest BCUT2D eigenvalue weighted by atomic mass is 79.9. The van der Waals surface area contributed by atoms with Crippen LogP contribution in [0, 0.1) is 0 Å². The Hall–Kier alpha value is -2.97. The quantitative estimate of drug-likeness (QED) is 0.582. The number of halogens is 1. The van der Waals surface area contributed by atoms with Crippen LogP contribution in [0.4, 0.5) is 11.4 Å². The summed E-state index contributed by atoms with van der Waals surface area (Å²) in [4.78, 5) is 29.3. The molecule has 4 rings (SSSR count). The molecule has 0 aliphatic carbocycles. The number of amides is 1. The van der Waals surface area contributed by atoms with Gasteiger partial charge in [0.1, 0.15) is 6.54 Å². The summed E-state index contributed by atoms with van der Waals surface area (Å²) in [5, 5.41) is 13.3. The summed E-state index contributed by atoms with van der Waals surface area (Å²) >= 11 is 4.25. The molecule has 1 amide bonds. The molecule has 0 radical (unpaired) electrons. The van der Waals surface area contributed by atoms with E-state index in [9.17, 15) is 14.7 Å². The molecule has 8 heteroatoms. The number of allylic oxidation sites excluding steroid dienone is 1. The Morgan fingerprint density at radius 3 is 2.76 bits per heavy atom. The van der Waals surface area contributed by atoms with E-state index in [1.165, 1.54) is 0 Å². The summed E-state index contributed by atoms with van der Waals surface area (Å²) in [6.07, 6.45) is 1.74. The smallest absolute Gasteiger partial charge is 0.311 e. The van der Waals surface area contributed by atoms with Gasteiger partial charge in [-0.3, -0.25) is 19.1 Å². The van der Waals surface area contributed by atoms with Crippen LogP contribution < -0.4 is 10.2 Å². The van der Waals surface area contributed by atoms with Gasteiger partial charge in [0.05, 0.1) is 16.3 Å². The number of para-hydroxylation sites is 2. The zero-order valence-corrected chi connectivity index (χ0v) is 17.8. The van der Waals surface area contributed by atoms with Crippen molar-refractivity contribution in [2.24, 2.45) is 4.99 Å². The third-order valence-corrected chi connectivity index (χ3v) is 6.10. The molecule has 1 aliphatic rings. The maximum absolute atomic E-state index is 12.4. The molecule has 2 heterocycles. The van der Waals surface area contributed by atoms with Crippen LogP contribution in [0.2, 0.25) is 0 Å². The lowest BCUT2D eigenvalue weighted by Gasteiger charge is -2.08. The number of aromatic hydroxyl groups is 1. The number of nitrogens with one attached hydrogen (secondary N) is 1. The third-order valence-electron chi connectivity index (χ3n) is 4.49. The van der Waals surface area contributed by atoms with Crippen LogP contribution in [0.5, 0.6) is 5.88 Å². The molecule has 2 N–H and O–H groups in total. The maximum atomic E-state index is 12.4. The van der Waals surface area contributed by atoms with Crippen LogP contribution in [-0.4, -0.2) is 21.3 Å². The van der Waals surface area contributed by atoms with Gasteiger partial charge in [-0.25, -0.2) is 0 Å². The highest BCUT2D eigenvalue weighted by Crippen LogP contribution is 2.37. The van der Waals surface area contributed by atoms with Crippen LogP contribution in [0.25, 0.3) is 11.6 Å². The topological polar surface area (TPSA) is 83.7 Å². The van der Waals surface area contributed by atoms with E-state index in [1.54, 1.807) is 24.3 Å². The van der Waals surface area contributed by atoms with E-state index < -0.39 is 10.8 Å². The second kappa shape index (κ2) is 7.81. The molecule has 3 aromatic rings. The van der Waals surface area contributed by atoms with Gasteiger partial charge < -0.3 is 10.4 Å². The number of carbonyl (C=O) groups is 1. The first-order valence-corrected chi connectivity index (χ1v) is 10.4. The summed E-state index contributed by atoms with van der Waals surface area (Å²) < 4.78 is 1.80. The number of fused-ring (bicyclic) bond motifs is 1. The minimum atomic E-state index is -0.407. The van der Waals surface area contributed by atoms with Gasteiger partial charge in [-0.2, -0.15) is 0 Å². The first kappa shape index (κ1) is 19.4. The molecule has 0 spiro atoms. The SMILES string of the molecule is CC1=Nc2ccccc2C1=Cc1sc(=O)n(CC(=O)Nc2ccccc2Br)c1O. The average molecular weight is 470 g/mol. The maximum Gasteiger partial charge on any atom is 0.311 e. The zero-order chi connectivity index (χ0) is 20.5. The Morgan fingerprint density at radius 1 is 1.24 bits per heavy atom. The Bertz CT molecular complexity index is 1240. The van der Waals surface area contributed by atoms with Gasteiger partial charge in [-0.05, 0) is 47.1 Å². The van der Waals surface area contributed by atoms with Crippen molar-refractivity contribution in [1.82, 2.24) is 4.57 Å². The first-order valence-electron chi connectivity index (χ1n) is 8.78. The van der Waals surface area contributed by atoms with Crippen LogP contribution in [0.1, 0.15) is 17.4 Å². The van der Waals surface area contributed by atoms with E-state index in [2.05, 4.69) is 26.2 Å². The van der Waals surface area contributed by atoms with Crippen molar-refractivity contribution in [3.8, 4) is 5.88 Å². The lowest BCUT2D eigenvalue weighted by atomic mass is 10.0. The van der Waals surface area contributed by atoms with Gasteiger partial charge in [0.15, 0.2) is 0 Å². The second-order valence-electron chi connectivity index (χ2n) is 6.44. The molecule has 1 aromatic heterocycles. The first-order chi connectivity index (χ1) is 13.9. The normalized spacial score (nSPS) is 14.0. The molecule has 1 aliphatic heterocycles. The van der Waals surface area contributed by atoms with Crippen molar-refractivity contribution in [3.05, 3.63) is 73.1 Å². The number of anilines is 1. The highest BCUT2D eigenvalue weighted by Gasteiger charge is 2.20. The van der Waals surface area contributed by atoms with E-state index in [1.807, 2.05) is 37.3 Å². The predicted molar refractivity (Wildman–Crippen MR) is 120 cm³/mol. The molecule has 0 atom stereocenters. The number of rotatable bonds is 4. The van der Waals surface area contributed by atoms with E-state index in [0.717, 1.165) is 42.9 Å². The van der Waals surface area contributed by atoms with E-state index in [-0.39, 0.29) is 12.4 Å². The number of hydrogen-bond acceptors (Lipinski definition) is 5. The number of nitrogens with zero attached hydrogens (tertiary/aromatic N) is 2. The molecule has 146 valence electrons. The van der Waals surface area contributed by atoms with E-state index >= 15 is 0 Å². The lowest BCUT2D eigenvalue weighted by molar-refractivity contribution is -0.116. The standard InChI is InChI=1S/C21H16BrN3O3S/c1-12-14(13-6-2-4-8-16(13)23-12)10-18-20(27)25(21(28)29-18)11-19(26)24-17-9-5-3-7-15(17)22/h2-10,27H,11H2,1H3,(H,24,26). The van der Waals surface area contributed by atoms with Crippen LogP contribution in [0.3, 0.4) is 0 Å². The number of carbonyl (C=O) groups excluding carboxylic acids is 1. The van der Waals surface area contributed by atoms with Gasteiger partial charge in [0.2, 0.25) is 11.8 Å². The third kappa shape index (κ3) is 3.81. The highest BCUT2D eigenvalue weighted by molar-refractivity contribution is 9.10. The summed E-state index contributed by atoms with van der Waals surface area (Å²) in [6, 6.07) is 14.9. The Balaban J connectivity index is 1.61. The van der Waals surface area contributed by atoms with E-state index in [4.69, 9.17) is 0 Å². The lowest BCUT2D eigenvalue weighted by Crippen LogP contribution is -2.24. The monoisotopic (exact) mass is 469 g/mol. The van der Waals surface area contributed by atoms with Gasteiger partial charge in [0, 0.05) is 21.3 Å². The molecular weight excluding hydrogens is 454 g/mol. The van der Waals surface area contributed by atoms with Gasteiger partial charge in [-0.1, -0.05) is 41.7 Å². The largest absolute Gasteiger partial charge is 0.493 e. The summed E-state index contributed by atoms with van der Waals surface area (Å²) in [5.74, 6) is -0.637.